The summed E-state index contributed by atoms with van der Waals surface area (Å²) < 4.78 is 0. The Morgan fingerprint density at radius 1 is 1.17 bits per heavy atom. The van der Waals surface area contributed by atoms with Gasteiger partial charge in [-0.1, -0.05) is 35.5 Å². The molecule has 2 aromatic rings. The molecule has 1 fully saturated rings. The zero-order valence-electron chi connectivity index (χ0n) is 16.2. The van der Waals surface area contributed by atoms with Crippen molar-refractivity contribution in [1.29, 1.82) is 0 Å². The van der Waals surface area contributed by atoms with Gasteiger partial charge in [0.2, 0.25) is 5.91 Å². The number of nitrogens with zero attached hydrogens (tertiary/aromatic N) is 3. The van der Waals surface area contributed by atoms with Gasteiger partial charge in [-0.05, 0) is 37.0 Å². The summed E-state index contributed by atoms with van der Waals surface area (Å²) in [5.74, 6) is -0.174. The number of nitrogens with one attached hydrogen (secondary N) is 1. The summed E-state index contributed by atoms with van der Waals surface area (Å²) in [6, 6.07) is 13.5. The van der Waals surface area contributed by atoms with Crippen LogP contribution in [0.15, 0.2) is 60.0 Å². The second kappa shape index (κ2) is 8.43. The summed E-state index contributed by atoms with van der Waals surface area (Å²) in [4.78, 5) is 36.8. The number of anilines is 1. The van der Waals surface area contributed by atoms with Gasteiger partial charge < -0.3 is 15.1 Å². The van der Waals surface area contributed by atoms with Gasteiger partial charge in [0.25, 0.3) is 5.91 Å². The van der Waals surface area contributed by atoms with E-state index in [1.165, 1.54) is 0 Å². The number of pyridine rings is 1. The first-order valence-electron chi connectivity index (χ1n) is 9.92. The zero-order chi connectivity index (χ0) is 20.1. The van der Waals surface area contributed by atoms with Crippen LogP contribution < -0.4 is 5.32 Å². The monoisotopic (exact) mass is 392 g/mol. The van der Waals surface area contributed by atoms with Gasteiger partial charge in [0, 0.05) is 25.6 Å². The molecule has 29 heavy (non-hydrogen) atoms. The number of benzene rings is 1. The minimum Gasteiger partial charge on any atom is -0.386 e. The number of hydrogen-bond acceptors (Lipinski definition) is 5. The normalized spacial score (nSPS) is 20.8. The Hall–Kier alpha value is -3.22. The zero-order valence-corrected chi connectivity index (χ0v) is 16.2. The van der Waals surface area contributed by atoms with Gasteiger partial charge in [-0.3, -0.25) is 14.6 Å². The molecule has 3 heterocycles. The third-order valence-corrected chi connectivity index (χ3v) is 5.38. The predicted octanol–water partition coefficient (Wildman–Crippen LogP) is 2.79. The first kappa shape index (κ1) is 19.1. The van der Waals surface area contributed by atoms with Crippen molar-refractivity contribution >= 4 is 23.2 Å². The lowest BCUT2D eigenvalue weighted by Gasteiger charge is -2.38. The predicted molar refractivity (Wildman–Crippen MR) is 109 cm³/mol. The number of hydrogen-bond donors (Lipinski definition) is 1. The molecule has 150 valence electrons. The van der Waals surface area contributed by atoms with Crippen LogP contribution in [0.4, 0.5) is 5.69 Å². The highest BCUT2D eigenvalue weighted by Crippen LogP contribution is 2.34. The fourth-order valence-corrected chi connectivity index (χ4v) is 3.87. The lowest BCUT2D eigenvalue weighted by Crippen LogP contribution is -2.50. The molecular formula is C22H24N4O3. The smallest absolute Gasteiger partial charge is 0.273 e. The lowest BCUT2D eigenvalue weighted by molar-refractivity contribution is -0.140. The summed E-state index contributed by atoms with van der Waals surface area (Å²) in [5.41, 5.74) is 1.53. The van der Waals surface area contributed by atoms with Crippen molar-refractivity contribution in [1.82, 2.24) is 9.88 Å². The maximum atomic E-state index is 12.7. The second-order valence-corrected chi connectivity index (χ2v) is 7.59. The van der Waals surface area contributed by atoms with E-state index in [0.29, 0.717) is 30.8 Å². The highest BCUT2D eigenvalue weighted by atomic mass is 16.7. The van der Waals surface area contributed by atoms with Crippen LogP contribution in [-0.2, 0) is 20.8 Å². The van der Waals surface area contributed by atoms with Crippen LogP contribution in [0.1, 0.15) is 31.2 Å². The minimum absolute atomic E-state index is 0.116. The third-order valence-electron chi connectivity index (χ3n) is 5.38. The van der Waals surface area contributed by atoms with Gasteiger partial charge >= 0.3 is 0 Å². The van der Waals surface area contributed by atoms with Crippen LogP contribution in [0, 0.1) is 0 Å². The number of carbonyl (C=O) groups excluding carboxylic acids is 2. The van der Waals surface area contributed by atoms with Crippen molar-refractivity contribution in [2.24, 2.45) is 5.16 Å². The molecule has 2 aliphatic heterocycles. The number of carbonyl (C=O) groups is 2. The van der Waals surface area contributed by atoms with E-state index in [4.69, 9.17) is 4.84 Å². The standard InChI is InChI=1S/C22H24N4O3/c27-20(10-9-17-6-2-1-3-7-17)26-13-5-11-22(16-26)14-19(25-29-22)21(28)24-18-8-4-12-23-15-18/h1-4,6-8,12,15H,5,9-11,13-14,16H2,(H,24,28)/t22-/m0/s1. The Morgan fingerprint density at radius 2 is 2.03 bits per heavy atom. The van der Waals surface area contributed by atoms with Crippen LogP contribution in [0.5, 0.6) is 0 Å². The summed E-state index contributed by atoms with van der Waals surface area (Å²) in [5, 5.41) is 6.83. The molecule has 1 aromatic carbocycles. The number of amides is 2. The van der Waals surface area contributed by atoms with Gasteiger partial charge in [-0.15, -0.1) is 0 Å². The molecule has 1 atom stereocenters. The molecule has 7 nitrogen and oxygen atoms in total. The highest BCUT2D eigenvalue weighted by molar-refractivity contribution is 6.43. The van der Waals surface area contributed by atoms with Crippen LogP contribution in [0.25, 0.3) is 0 Å². The van der Waals surface area contributed by atoms with Crippen LogP contribution in [0.2, 0.25) is 0 Å². The van der Waals surface area contributed by atoms with Gasteiger partial charge in [-0.25, -0.2) is 0 Å². The highest BCUT2D eigenvalue weighted by Gasteiger charge is 2.45. The molecule has 0 aliphatic carbocycles. The summed E-state index contributed by atoms with van der Waals surface area (Å²) >= 11 is 0. The lowest BCUT2D eigenvalue weighted by atomic mass is 9.87. The maximum absolute atomic E-state index is 12.7. The number of piperidine rings is 1. The van der Waals surface area contributed by atoms with Crippen LogP contribution >= 0.6 is 0 Å². The van der Waals surface area contributed by atoms with Crippen molar-refractivity contribution in [3.63, 3.8) is 0 Å². The van der Waals surface area contributed by atoms with E-state index in [-0.39, 0.29) is 11.8 Å². The molecule has 2 amide bonds. The third kappa shape index (κ3) is 4.62. The Labute approximate surface area is 169 Å². The quantitative estimate of drug-likeness (QED) is 0.848. The number of oxime groups is 1. The minimum atomic E-state index is -0.595. The molecule has 0 saturated carbocycles. The van der Waals surface area contributed by atoms with Gasteiger partial charge in [0.05, 0.1) is 18.4 Å². The fraction of sp³-hybridized carbons (Fsp3) is 0.364. The molecule has 4 rings (SSSR count). The fourth-order valence-electron chi connectivity index (χ4n) is 3.87. The van der Waals surface area contributed by atoms with Gasteiger partial charge in [0.1, 0.15) is 5.71 Å². The first-order valence-corrected chi connectivity index (χ1v) is 9.92. The Kier molecular flexibility index (Phi) is 5.55. The first-order chi connectivity index (χ1) is 14.1. The molecule has 1 spiro atoms. The average Bonchev–Trinajstić information content (AvgIpc) is 3.16. The van der Waals surface area contributed by atoms with Crippen LogP contribution in [0.3, 0.4) is 0 Å². The largest absolute Gasteiger partial charge is 0.386 e. The van der Waals surface area contributed by atoms with Crippen molar-refractivity contribution < 1.29 is 14.4 Å². The van der Waals surface area contributed by atoms with Crippen LogP contribution in [-0.4, -0.2) is 46.1 Å². The summed E-state index contributed by atoms with van der Waals surface area (Å²) in [7, 11) is 0. The second-order valence-electron chi connectivity index (χ2n) is 7.59. The molecule has 0 unspecified atom stereocenters. The summed E-state index contributed by atoms with van der Waals surface area (Å²) in [6.07, 6.45) is 6.44. The molecular weight excluding hydrogens is 368 g/mol. The van der Waals surface area contributed by atoms with E-state index in [9.17, 15) is 9.59 Å². The molecule has 2 aliphatic rings. The number of aromatic nitrogens is 1. The summed E-state index contributed by atoms with van der Waals surface area (Å²) in [6.45, 7) is 1.18. The SMILES string of the molecule is O=C(Nc1cccnc1)C1=NO[C@@]2(CCCN(C(=O)CCc3ccccc3)C2)C1. The molecule has 0 radical (unpaired) electrons. The van der Waals surface area contributed by atoms with E-state index in [0.717, 1.165) is 31.4 Å². The van der Waals surface area contributed by atoms with E-state index < -0.39 is 5.60 Å². The van der Waals surface area contributed by atoms with E-state index in [1.807, 2.05) is 35.2 Å². The van der Waals surface area contributed by atoms with Crippen molar-refractivity contribution in [3.05, 3.63) is 60.4 Å². The number of rotatable bonds is 5. The average molecular weight is 392 g/mol. The number of likely N-dealkylation sites (tertiary alicyclic amines) is 1. The maximum Gasteiger partial charge on any atom is 0.273 e. The van der Waals surface area contributed by atoms with E-state index in [2.05, 4.69) is 15.5 Å². The molecule has 1 N–H and O–H groups in total. The molecule has 7 heteroatoms. The Balaban J connectivity index is 1.32. The van der Waals surface area contributed by atoms with E-state index in [1.54, 1.807) is 24.5 Å². The van der Waals surface area contributed by atoms with Crippen molar-refractivity contribution in [2.75, 3.05) is 18.4 Å². The Morgan fingerprint density at radius 3 is 2.83 bits per heavy atom. The molecule has 1 saturated heterocycles. The molecule has 1 aromatic heterocycles. The van der Waals surface area contributed by atoms with E-state index >= 15 is 0 Å². The van der Waals surface area contributed by atoms with Gasteiger partial charge in [-0.2, -0.15) is 0 Å². The molecule has 0 bridgehead atoms. The van der Waals surface area contributed by atoms with Crippen molar-refractivity contribution in [3.8, 4) is 0 Å². The van der Waals surface area contributed by atoms with Crippen molar-refractivity contribution in [2.45, 2.75) is 37.7 Å². The van der Waals surface area contributed by atoms with Gasteiger partial charge in [0.15, 0.2) is 5.60 Å². The topological polar surface area (TPSA) is 83.9 Å². The number of aryl methyl sites for hydroxylation is 1. The Bertz CT molecular complexity index is 901.